The molecule has 2 aliphatic rings. The van der Waals surface area contributed by atoms with E-state index >= 15 is 0 Å². The molecule has 2 N–H and O–H groups in total. The van der Waals surface area contributed by atoms with E-state index < -0.39 is 5.97 Å². The number of hydrogen-bond donors (Lipinski definition) is 2. The Morgan fingerprint density at radius 1 is 1.39 bits per heavy atom. The molecule has 0 aromatic heterocycles. The second-order valence-corrected chi connectivity index (χ2v) is 5.56. The standard InChI is InChI=1S/C13H22N2O3/c1-9-4-5-14-11(7-9)13(18)15-6-2-3-10(15)8-12(16)17/h9-11,14H,2-8H2,1H3,(H,16,17). The monoisotopic (exact) mass is 254 g/mol. The van der Waals surface area contributed by atoms with Gasteiger partial charge in [0.25, 0.3) is 0 Å². The van der Waals surface area contributed by atoms with E-state index in [4.69, 9.17) is 5.11 Å². The molecule has 5 heteroatoms. The van der Waals surface area contributed by atoms with Crippen molar-refractivity contribution in [3.05, 3.63) is 0 Å². The number of hydrogen-bond acceptors (Lipinski definition) is 3. The molecular formula is C13H22N2O3. The number of piperidine rings is 1. The first kappa shape index (κ1) is 13.3. The number of amides is 1. The molecule has 0 aromatic rings. The Hall–Kier alpha value is -1.10. The van der Waals surface area contributed by atoms with Crippen LogP contribution in [0.5, 0.6) is 0 Å². The molecule has 5 nitrogen and oxygen atoms in total. The number of nitrogens with zero attached hydrogens (tertiary/aromatic N) is 1. The van der Waals surface area contributed by atoms with E-state index in [1.165, 1.54) is 0 Å². The van der Waals surface area contributed by atoms with E-state index in [-0.39, 0.29) is 24.4 Å². The zero-order chi connectivity index (χ0) is 13.1. The molecule has 0 saturated carbocycles. The summed E-state index contributed by atoms with van der Waals surface area (Å²) in [7, 11) is 0. The highest BCUT2D eigenvalue weighted by Crippen LogP contribution is 2.24. The van der Waals surface area contributed by atoms with Crippen molar-refractivity contribution >= 4 is 11.9 Å². The van der Waals surface area contributed by atoms with Gasteiger partial charge in [0.15, 0.2) is 0 Å². The van der Waals surface area contributed by atoms with Crippen LogP contribution in [0.4, 0.5) is 0 Å². The van der Waals surface area contributed by atoms with Crippen molar-refractivity contribution in [3.63, 3.8) is 0 Å². The van der Waals surface area contributed by atoms with E-state index in [9.17, 15) is 9.59 Å². The molecule has 18 heavy (non-hydrogen) atoms. The van der Waals surface area contributed by atoms with E-state index in [0.29, 0.717) is 12.5 Å². The maximum Gasteiger partial charge on any atom is 0.305 e. The minimum absolute atomic E-state index is 0.0774. The van der Waals surface area contributed by atoms with Gasteiger partial charge >= 0.3 is 5.97 Å². The topological polar surface area (TPSA) is 69.6 Å². The van der Waals surface area contributed by atoms with Gasteiger partial charge in [-0.25, -0.2) is 0 Å². The molecular weight excluding hydrogens is 232 g/mol. The molecule has 2 fully saturated rings. The van der Waals surface area contributed by atoms with E-state index in [0.717, 1.165) is 32.2 Å². The molecule has 0 radical (unpaired) electrons. The smallest absolute Gasteiger partial charge is 0.305 e. The predicted octanol–water partition coefficient (Wildman–Crippen LogP) is 0.840. The van der Waals surface area contributed by atoms with Gasteiger partial charge < -0.3 is 15.3 Å². The Bertz CT molecular complexity index is 332. The zero-order valence-corrected chi connectivity index (χ0v) is 10.9. The van der Waals surface area contributed by atoms with Gasteiger partial charge in [0, 0.05) is 12.6 Å². The molecule has 2 aliphatic heterocycles. The summed E-state index contributed by atoms with van der Waals surface area (Å²) in [5.41, 5.74) is 0. The maximum absolute atomic E-state index is 12.4. The van der Waals surface area contributed by atoms with Crippen molar-refractivity contribution in [1.29, 1.82) is 0 Å². The molecule has 2 saturated heterocycles. The number of carbonyl (C=O) groups is 2. The van der Waals surface area contributed by atoms with Crippen molar-refractivity contribution in [3.8, 4) is 0 Å². The van der Waals surface area contributed by atoms with Crippen molar-refractivity contribution < 1.29 is 14.7 Å². The number of rotatable bonds is 3. The largest absolute Gasteiger partial charge is 0.481 e. The predicted molar refractivity (Wildman–Crippen MR) is 67.2 cm³/mol. The molecule has 0 aromatic carbocycles. The fourth-order valence-corrected chi connectivity index (χ4v) is 3.04. The summed E-state index contributed by atoms with van der Waals surface area (Å²) in [5, 5.41) is 12.1. The van der Waals surface area contributed by atoms with E-state index in [1.807, 2.05) is 0 Å². The van der Waals surface area contributed by atoms with Crippen LogP contribution in [0.3, 0.4) is 0 Å². The summed E-state index contributed by atoms with van der Waals surface area (Å²) in [6, 6.07) is -0.211. The quantitative estimate of drug-likeness (QED) is 0.783. The highest BCUT2D eigenvalue weighted by molar-refractivity contribution is 5.83. The lowest BCUT2D eigenvalue weighted by atomic mass is 9.93. The van der Waals surface area contributed by atoms with Gasteiger partial charge in [-0.1, -0.05) is 6.92 Å². The number of aliphatic carboxylic acids is 1. The maximum atomic E-state index is 12.4. The van der Waals surface area contributed by atoms with Gasteiger partial charge in [0.2, 0.25) is 5.91 Å². The Kier molecular flexibility index (Phi) is 4.22. The van der Waals surface area contributed by atoms with Crippen LogP contribution in [-0.4, -0.2) is 47.1 Å². The molecule has 3 atom stereocenters. The first-order valence-electron chi connectivity index (χ1n) is 6.83. The van der Waals surface area contributed by atoms with Crippen molar-refractivity contribution in [2.75, 3.05) is 13.1 Å². The second kappa shape index (κ2) is 5.69. The van der Waals surface area contributed by atoms with Crippen LogP contribution in [0, 0.1) is 5.92 Å². The average Bonchev–Trinajstić information content (AvgIpc) is 2.75. The minimum Gasteiger partial charge on any atom is -0.481 e. The van der Waals surface area contributed by atoms with Gasteiger partial charge in [-0.15, -0.1) is 0 Å². The van der Waals surface area contributed by atoms with Gasteiger partial charge in [0.05, 0.1) is 12.5 Å². The van der Waals surface area contributed by atoms with Crippen LogP contribution >= 0.6 is 0 Å². The van der Waals surface area contributed by atoms with Crippen LogP contribution in [0.1, 0.15) is 39.0 Å². The Morgan fingerprint density at radius 3 is 2.83 bits per heavy atom. The van der Waals surface area contributed by atoms with E-state index in [1.54, 1.807) is 4.90 Å². The number of carboxylic acids is 1. The van der Waals surface area contributed by atoms with Crippen molar-refractivity contribution in [1.82, 2.24) is 10.2 Å². The summed E-state index contributed by atoms with van der Waals surface area (Å²) in [6.45, 7) is 3.76. The first-order chi connectivity index (χ1) is 8.58. The van der Waals surface area contributed by atoms with Gasteiger partial charge in [-0.2, -0.15) is 0 Å². The molecule has 0 spiro atoms. The number of likely N-dealkylation sites (tertiary alicyclic amines) is 1. The van der Waals surface area contributed by atoms with Crippen LogP contribution in [-0.2, 0) is 9.59 Å². The number of carboxylic acid groups (broad SMARTS) is 1. The van der Waals surface area contributed by atoms with Crippen LogP contribution < -0.4 is 5.32 Å². The van der Waals surface area contributed by atoms with Gasteiger partial charge in [-0.3, -0.25) is 9.59 Å². The van der Waals surface area contributed by atoms with Crippen LogP contribution in [0.2, 0.25) is 0 Å². The summed E-state index contributed by atoms with van der Waals surface area (Å²) < 4.78 is 0. The molecule has 102 valence electrons. The first-order valence-corrected chi connectivity index (χ1v) is 6.83. The lowest BCUT2D eigenvalue weighted by Gasteiger charge is -2.32. The Morgan fingerprint density at radius 2 is 2.17 bits per heavy atom. The second-order valence-electron chi connectivity index (χ2n) is 5.56. The molecule has 2 rings (SSSR count). The minimum atomic E-state index is -0.815. The highest BCUT2D eigenvalue weighted by atomic mass is 16.4. The lowest BCUT2D eigenvalue weighted by molar-refractivity contribution is -0.140. The number of carbonyl (C=O) groups excluding carboxylic acids is 1. The average molecular weight is 254 g/mol. The third kappa shape index (κ3) is 3.02. The highest BCUT2D eigenvalue weighted by Gasteiger charge is 2.35. The fourth-order valence-electron chi connectivity index (χ4n) is 3.04. The molecule has 0 aliphatic carbocycles. The summed E-state index contributed by atoms with van der Waals surface area (Å²) in [4.78, 5) is 25.0. The Balaban J connectivity index is 1.96. The Labute approximate surface area is 108 Å². The zero-order valence-electron chi connectivity index (χ0n) is 10.9. The third-order valence-electron chi connectivity index (χ3n) is 4.03. The third-order valence-corrected chi connectivity index (χ3v) is 4.03. The SMILES string of the molecule is CC1CCNC(C(=O)N2CCCC2CC(=O)O)C1. The van der Waals surface area contributed by atoms with Gasteiger partial charge in [-0.05, 0) is 38.1 Å². The summed E-state index contributed by atoms with van der Waals surface area (Å²) >= 11 is 0. The molecule has 0 bridgehead atoms. The summed E-state index contributed by atoms with van der Waals surface area (Å²) in [6.07, 6.45) is 3.80. The van der Waals surface area contributed by atoms with E-state index in [2.05, 4.69) is 12.2 Å². The van der Waals surface area contributed by atoms with Crippen LogP contribution in [0.25, 0.3) is 0 Å². The van der Waals surface area contributed by atoms with Gasteiger partial charge in [0.1, 0.15) is 0 Å². The lowest BCUT2D eigenvalue weighted by Crippen LogP contribution is -2.51. The summed E-state index contributed by atoms with van der Waals surface area (Å²) in [5.74, 6) is -0.143. The normalized spacial score (nSPS) is 32.5. The molecule has 1 amide bonds. The van der Waals surface area contributed by atoms with Crippen molar-refractivity contribution in [2.45, 2.75) is 51.1 Å². The number of nitrogens with one attached hydrogen (secondary N) is 1. The molecule has 3 unspecified atom stereocenters. The van der Waals surface area contributed by atoms with Crippen LogP contribution in [0.15, 0.2) is 0 Å². The fraction of sp³-hybridized carbons (Fsp3) is 0.846. The van der Waals surface area contributed by atoms with Crippen molar-refractivity contribution in [2.24, 2.45) is 5.92 Å². The molecule has 2 heterocycles.